The van der Waals surface area contributed by atoms with Crippen molar-refractivity contribution in [2.45, 2.75) is 19.3 Å². The molecule has 0 fully saturated rings. The molecule has 13 heavy (non-hydrogen) atoms. The van der Waals surface area contributed by atoms with E-state index in [9.17, 15) is 0 Å². The zero-order valence-corrected chi connectivity index (χ0v) is 8.91. The third-order valence-electron chi connectivity index (χ3n) is 2.54. The van der Waals surface area contributed by atoms with Crippen LogP contribution in [0, 0.1) is 0 Å². The lowest BCUT2D eigenvalue weighted by molar-refractivity contribution is 0.684. The molecule has 0 saturated carbocycles. The summed E-state index contributed by atoms with van der Waals surface area (Å²) in [6.07, 6.45) is 1.16. The van der Waals surface area contributed by atoms with Crippen LogP contribution in [0.25, 0.3) is 0 Å². The molecule has 3 heteroatoms. The number of anilines is 1. The van der Waals surface area contributed by atoms with Crippen molar-refractivity contribution in [2.75, 3.05) is 11.9 Å². The zero-order chi connectivity index (χ0) is 9.42. The number of hydrogen-bond acceptors (Lipinski definition) is 1. The van der Waals surface area contributed by atoms with Gasteiger partial charge in [0.25, 0.3) is 0 Å². The molecule has 2 rings (SSSR count). The first kappa shape index (κ1) is 9.17. The minimum atomic E-state index is 0.575. The molecule has 1 atom stereocenters. The zero-order valence-electron chi connectivity index (χ0n) is 7.40. The molecule has 1 aliphatic rings. The Morgan fingerprint density at radius 2 is 2.15 bits per heavy atom. The van der Waals surface area contributed by atoms with Crippen LogP contribution in [0.1, 0.15) is 24.8 Å². The van der Waals surface area contributed by atoms with Crippen LogP contribution in [0.2, 0.25) is 10.0 Å². The largest absolute Gasteiger partial charge is 0.384 e. The monoisotopic (exact) mass is 215 g/mol. The quantitative estimate of drug-likeness (QED) is 0.693. The van der Waals surface area contributed by atoms with Gasteiger partial charge in [-0.2, -0.15) is 0 Å². The second-order valence-corrected chi connectivity index (χ2v) is 4.23. The third kappa shape index (κ3) is 1.51. The van der Waals surface area contributed by atoms with Crippen molar-refractivity contribution in [3.05, 3.63) is 27.7 Å². The minimum Gasteiger partial charge on any atom is -0.384 e. The Kier molecular flexibility index (Phi) is 2.39. The molecular formula is C10H11Cl2N. The molecule has 0 aromatic heterocycles. The molecule has 0 saturated heterocycles. The van der Waals surface area contributed by atoms with Gasteiger partial charge in [-0.1, -0.05) is 36.2 Å². The summed E-state index contributed by atoms with van der Waals surface area (Å²) in [6.45, 7) is 3.19. The maximum atomic E-state index is 6.08. The summed E-state index contributed by atoms with van der Waals surface area (Å²) in [6, 6.07) is 3.92. The molecule has 70 valence electrons. The summed E-state index contributed by atoms with van der Waals surface area (Å²) in [5.74, 6) is 0.575. The first-order valence-electron chi connectivity index (χ1n) is 4.42. The van der Waals surface area contributed by atoms with E-state index in [0.29, 0.717) is 16.0 Å². The van der Waals surface area contributed by atoms with E-state index in [1.807, 2.05) is 6.07 Å². The smallest absolute Gasteiger partial charge is 0.0826 e. The van der Waals surface area contributed by atoms with Gasteiger partial charge in [-0.05, 0) is 24.0 Å². The average molecular weight is 216 g/mol. The Balaban J connectivity index is 2.56. The van der Waals surface area contributed by atoms with Crippen molar-refractivity contribution in [2.24, 2.45) is 0 Å². The van der Waals surface area contributed by atoms with Gasteiger partial charge in [0.15, 0.2) is 0 Å². The van der Waals surface area contributed by atoms with E-state index >= 15 is 0 Å². The van der Waals surface area contributed by atoms with E-state index in [-0.39, 0.29) is 0 Å². The van der Waals surface area contributed by atoms with Crippen molar-refractivity contribution in [1.29, 1.82) is 0 Å². The molecule has 1 N–H and O–H groups in total. The highest BCUT2D eigenvalue weighted by Crippen LogP contribution is 2.39. The van der Waals surface area contributed by atoms with Crippen molar-refractivity contribution in [1.82, 2.24) is 0 Å². The van der Waals surface area contributed by atoms with E-state index in [1.165, 1.54) is 5.56 Å². The normalized spacial score (nSPS) is 20.7. The van der Waals surface area contributed by atoms with Crippen LogP contribution in [0.5, 0.6) is 0 Å². The molecule has 0 bridgehead atoms. The van der Waals surface area contributed by atoms with Crippen LogP contribution in [0.4, 0.5) is 5.69 Å². The van der Waals surface area contributed by atoms with Gasteiger partial charge in [0.1, 0.15) is 0 Å². The highest BCUT2D eigenvalue weighted by Gasteiger charge is 2.19. The summed E-state index contributed by atoms with van der Waals surface area (Å²) < 4.78 is 0. The highest BCUT2D eigenvalue weighted by atomic mass is 35.5. The fourth-order valence-corrected chi connectivity index (χ4v) is 2.12. The van der Waals surface area contributed by atoms with E-state index in [2.05, 4.69) is 18.3 Å². The third-order valence-corrected chi connectivity index (χ3v) is 3.34. The Morgan fingerprint density at radius 3 is 2.92 bits per heavy atom. The molecule has 0 unspecified atom stereocenters. The van der Waals surface area contributed by atoms with Gasteiger partial charge >= 0.3 is 0 Å². The van der Waals surface area contributed by atoms with Gasteiger partial charge in [0.05, 0.1) is 15.7 Å². The van der Waals surface area contributed by atoms with Crippen molar-refractivity contribution in [3.8, 4) is 0 Å². The van der Waals surface area contributed by atoms with Crippen LogP contribution >= 0.6 is 23.2 Å². The van der Waals surface area contributed by atoms with E-state index in [4.69, 9.17) is 23.2 Å². The van der Waals surface area contributed by atoms with Crippen LogP contribution in [-0.4, -0.2) is 6.54 Å². The van der Waals surface area contributed by atoms with Crippen LogP contribution < -0.4 is 5.32 Å². The van der Waals surface area contributed by atoms with Gasteiger partial charge in [-0.25, -0.2) is 0 Å². The van der Waals surface area contributed by atoms with Gasteiger partial charge in [-0.15, -0.1) is 0 Å². The molecule has 1 aromatic rings. The second kappa shape index (κ2) is 3.39. The first-order valence-corrected chi connectivity index (χ1v) is 5.17. The van der Waals surface area contributed by atoms with Crippen molar-refractivity contribution >= 4 is 28.9 Å². The summed E-state index contributed by atoms with van der Waals surface area (Å²) in [7, 11) is 0. The van der Waals surface area contributed by atoms with Gasteiger partial charge in [0.2, 0.25) is 0 Å². The molecule has 0 amide bonds. The van der Waals surface area contributed by atoms with Crippen molar-refractivity contribution in [3.63, 3.8) is 0 Å². The lowest BCUT2D eigenvalue weighted by atomic mass is 9.93. The number of rotatable bonds is 0. The number of nitrogens with one attached hydrogen (secondary N) is 1. The maximum Gasteiger partial charge on any atom is 0.0826 e. The fourth-order valence-electron chi connectivity index (χ4n) is 1.73. The number of halogens is 2. The summed E-state index contributed by atoms with van der Waals surface area (Å²) in [5, 5.41) is 4.57. The van der Waals surface area contributed by atoms with E-state index < -0.39 is 0 Å². The lowest BCUT2D eigenvalue weighted by Crippen LogP contribution is -2.15. The van der Waals surface area contributed by atoms with Gasteiger partial charge in [-0.3, -0.25) is 0 Å². The Morgan fingerprint density at radius 1 is 1.38 bits per heavy atom. The van der Waals surface area contributed by atoms with Gasteiger partial charge < -0.3 is 5.32 Å². The Hall–Kier alpha value is -0.400. The summed E-state index contributed by atoms with van der Waals surface area (Å²) in [5.41, 5.74) is 2.30. The fraction of sp³-hybridized carbons (Fsp3) is 0.400. The lowest BCUT2D eigenvalue weighted by Gasteiger charge is -2.25. The van der Waals surface area contributed by atoms with Crippen LogP contribution in [0.15, 0.2) is 12.1 Å². The Labute approximate surface area is 88.0 Å². The second-order valence-electron chi connectivity index (χ2n) is 3.44. The predicted octanol–water partition coefficient (Wildman–Crippen LogP) is 3.91. The van der Waals surface area contributed by atoms with Gasteiger partial charge in [0, 0.05) is 6.54 Å². The molecule has 1 aliphatic heterocycles. The summed E-state index contributed by atoms with van der Waals surface area (Å²) in [4.78, 5) is 0. The molecule has 1 nitrogen and oxygen atoms in total. The van der Waals surface area contributed by atoms with E-state index in [0.717, 1.165) is 18.7 Å². The molecule has 0 spiro atoms. The minimum absolute atomic E-state index is 0.575. The first-order chi connectivity index (χ1) is 6.20. The molecule has 0 aliphatic carbocycles. The average Bonchev–Trinajstić information content (AvgIpc) is 2.12. The molecule has 1 heterocycles. The highest BCUT2D eigenvalue weighted by molar-refractivity contribution is 6.43. The number of hydrogen-bond donors (Lipinski definition) is 1. The van der Waals surface area contributed by atoms with Crippen LogP contribution in [0.3, 0.4) is 0 Å². The predicted molar refractivity (Wildman–Crippen MR) is 58.0 cm³/mol. The van der Waals surface area contributed by atoms with E-state index in [1.54, 1.807) is 0 Å². The Bertz CT molecular complexity index is 336. The molecular weight excluding hydrogens is 205 g/mol. The SMILES string of the molecule is C[C@H]1CCNc2c1ccc(Cl)c2Cl. The number of benzene rings is 1. The molecule has 1 aromatic carbocycles. The maximum absolute atomic E-state index is 6.08. The standard InChI is InChI=1S/C10H11Cl2N/c1-6-4-5-13-10-7(6)2-3-8(11)9(10)12/h2-3,6,13H,4-5H2,1H3/t6-/m0/s1. The van der Waals surface area contributed by atoms with Crippen molar-refractivity contribution < 1.29 is 0 Å². The molecule has 0 radical (unpaired) electrons. The topological polar surface area (TPSA) is 12.0 Å². The number of fused-ring (bicyclic) bond motifs is 1. The summed E-state index contributed by atoms with van der Waals surface area (Å²) >= 11 is 12.0. The van der Waals surface area contributed by atoms with Crippen LogP contribution in [-0.2, 0) is 0 Å².